The lowest BCUT2D eigenvalue weighted by molar-refractivity contribution is -0.122. The standard InChI is InChI=1S/C24H28ClN3O4S/c1-15-19(25)8-5-9-20(15)26-22(29)16-7-6-12-28(14-16)33(31,32)17-10-11-21-18(13-17)24(2,3)23(30)27(21)4/h5,8-11,13,16H,6-7,12,14H2,1-4H3,(H,26,29). The van der Waals surface area contributed by atoms with E-state index < -0.39 is 21.4 Å². The Morgan fingerprint density at radius 2 is 1.94 bits per heavy atom. The van der Waals surface area contributed by atoms with Gasteiger partial charge in [-0.1, -0.05) is 17.7 Å². The summed E-state index contributed by atoms with van der Waals surface area (Å²) in [4.78, 5) is 27.2. The van der Waals surface area contributed by atoms with E-state index in [1.807, 2.05) is 6.92 Å². The maximum absolute atomic E-state index is 13.5. The second-order valence-corrected chi connectivity index (χ2v) is 11.6. The summed E-state index contributed by atoms with van der Waals surface area (Å²) in [6, 6.07) is 10.1. The van der Waals surface area contributed by atoms with E-state index in [1.165, 1.54) is 4.31 Å². The Kier molecular flexibility index (Phi) is 6.05. The van der Waals surface area contributed by atoms with Gasteiger partial charge in [-0.3, -0.25) is 9.59 Å². The molecule has 2 amide bonds. The number of fused-ring (bicyclic) bond motifs is 1. The van der Waals surface area contributed by atoms with Crippen LogP contribution in [0.2, 0.25) is 5.02 Å². The molecule has 4 rings (SSSR count). The number of piperidine rings is 1. The molecule has 1 saturated heterocycles. The van der Waals surface area contributed by atoms with Gasteiger partial charge in [0.05, 0.1) is 16.2 Å². The fourth-order valence-electron chi connectivity index (χ4n) is 4.61. The second-order valence-electron chi connectivity index (χ2n) is 9.27. The number of sulfonamides is 1. The zero-order valence-corrected chi connectivity index (χ0v) is 20.8. The van der Waals surface area contributed by atoms with E-state index in [9.17, 15) is 18.0 Å². The summed E-state index contributed by atoms with van der Waals surface area (Å²) in [7, 11) is -2.13. The number of carbonyl (C=O) groups is 2. The maximum Gasteiger partial charge on any atom is 0.243 e. The fourth-order valence-corrected chi connectivity index (χ4v) is 6.34. The molecule has 7 nitrogen and oxygen atoms in total. The summed E-state index contributed by atoms with van der Waals surface area (Å²) in [5.41, 5.74) is 2.01. The Morgan fingerprint density at radius 3 is 2.67 bits per heavy atom. The van der Waals surface area contributed by atoms with Crippen molar-refractivity contribution in [3.8, 4) is 0 Å². The van der Waals surface area contributed by atoms with Crippen molar-refractivity contribution in [3.63, 3.8) is 0 Å². The molecule has 1 fully saturated rings. The number of amides is 2. The lowest BCUT2D eigenvalue weighted by Crippen LogP contribution is -2.43. The molecular weight excluding hydrogens is 462 g/mol. The van der Waals surface area contributed by atoms with Crippen LogP contribution in [-0.2, 0) is 25.0 Å². The summed E-state index contributed by atoms with van der Waals surface area (Å²) in [5, 5.41) is 3.46. The predicted molar refractivity (Wildman–Crippen MR) is 129 cm³/mol. The molecule has 0 aromatic heterocycles. The Labute approximate surface area is 199 Å². The number of nitrogens with zero attached hydrogens (tertiary/aromatic N) is 2. The minimum atomic E-state index is -3.82. The van der Waals surface area contributed by atoms with Crippen molar-refractivity contribution in [1.82, 2.24) is 4.31 Å². The SMILES string of the molecule is Cc1c(Cl)cccc1NC(=O)C1CCCN(S(=O)(=O)c2ccc3c(c2)C(C)(C)C(=O)N3C)C1. The minimum absolute atomic E-state index is 0.0712. The van der Waals surface area contributed by atoms with Crippen LogP contribution < -0.4 is 10.2 Å². The molecule has 0 bridgehead atoms. The van der Waals surface area contributed by atoms with Crippen molar-refractivity contribution in [2.45, 2.75) is 43.9 Å². The van der Waals surface area contributed by atoms with E-state index in [4.69, 9.17) is 11.6 Å². The van der Waals surface area contributed by atoms with Gasteiger partial charge in [0.2, 0.25) is 21.8 Å². The molecule has 2 heterocycles. The Hall–Kier alpha value is -2.42. The van der Waals surface area contributed by atoms with Crippen LogP contribution in [0.1, 0.15) is 37.8 Å². The third kappa shape index (κ3) is 4.05. The number of nitrogens with one attached hydrogen (secondary N) is 1. The normalized spacial score (nSPS) is 20.6. The number of hydrogen-bond acceptors (Lipinski definition) is 4. The Bertz CT molecular complexity index is 1240. The van der Waals surface area contributed by atoms with Gasteiger partial charge in [-0.2, -0.15) is 4.31 Å². The summed E-state index contributed by atoms with van der Waals surface area (Å²) >= 11 is 6.15. The van der Waals surface area contributed by atoms with Crippen molar-refractivity contribution in [2.24, 2.45) is 5.92 Å². The van der Waals surface area contributed by atoms with E-state index in [1.54, 1.807) is 62.2 Å². The number of halogens is 1. The molecular formula is C24H28ClN3O4S. The molecule has 176 valence electrons. The first-order chi connectivity index (χ1) is 15.4. The van der Waals surface area contributed by atoms with Gasteiger partial charge >= 0.3 is 0 Å². The van der Waals surface area contributed by atoms with Crippen LogP contribution in [0.3, 0.4) is 0 Å². The molecule has 0 saturated carbocycles. The maximum atomic E-state index is 13.5. The van der Waals surface area contributed by atoms with Gasteiger partial charge < -0.3 is 10.2 Å². The van der Waals surface area contributed by atoms with E-state index >= 15 is 0 Å². The van der Waals surface area contributed by atoms with Crippen LogP contribution in [0.4, 0.5) is 11.4 Å². The van der Waals surface area contributed by atoms with Gasteiger partial charge in [0, 0.05) is 36.5 Å². The van der Waals surface area contributed by atoms with Crippen LogP contribution in [0.5, 0.6) is 0 Å². The first-order valence-corrected chi connectivity index (χ1v) is 12.7. The molecule has 0 spiro atoms. The topological polar surface area (TPSA) is 86.8 Å². The van der Waals surface area contributed by atoms with Crippen molar-refractivity contribution in [1.29, 1.82) is 0 Å². The van der Waals surface area contributed by atoms with Crippen molar-refractivity contribution in [2.75, 3.05) is 30.4 Å². The van der Waals surface area contributed by atoms with Gasteiger partial charge in [-0.25, -0.2) is 8.42 Å². The third-order valence-electron chi connectivity index (χ3n) is 6.76. The van der Waals surface area contributed by atoms with Crippen LogP contribution in [-0.4, -0.2) is 44.7 Å². The first-order valence-electron chi connectivity index (χ1n) is 10.9. The van der Waals surface area contributed by atoms with E-state index in [0.29, 0.717) is 35.7 Å². The average molecular weight is 490 g/mol. The highest BCUT2D eigenvalue weighted by Gasteiger charge is 2.43. The van der Waals surface area contributed by atoms with Gasteiger partial charge in [-0.15, -0.1) is 0 Å². The van der Waals surface area contributed by atoms with Crippen molar-refractivity contribution < 1.29 is 18.0 Å². The lowest BCUT2D eigenvalue weighted by Gasteiger charge is -2.31. The highest BCUT2D eigenvalue weighted by molar-refractivity contribution is 7.89. The van der Waals surface area contributed by atoms with Crippen molar-refractivity contribution in [3.05, 3.63) is 52.5 Å². The van der Waals surface area contributed by atoms with E-state index in [0.717, 1.165) is 11.3 Å². The van der Waals surface area contributed by atoms with E-state index in [2.05, 4.69) is 5.32 Å². The molecule has 9 heteroatoms. The third-order valence-corrected chi connectivity index (χ3v) is 9.03. The number of hydrogen-bond donors (Lipinski definition) is 1. The summed E-state index contributed by atoms with van der Waals surface area (Å²) in [5.74, 6) is -0.758. The molecule has 1 unspecified atom stereocenters. The Morgan fingerprint density at radius 1 is 1.21 bits per heavy atom. The monoisotopic (exact) mass is 489 g/mol. The van der Waals surface area contributed by atoms with Crippen LogP contribution >= 0.6 is 11.6 Å². The van der Waals surface area contributed by atoms with Crippen LogP contribution in [0.25, 0.3) is 0 Å². The highest BCUT2D eigenvalue weighted by atomic mass is 35.5. The first kappa shape index (κ1) is 23.7. The molecule has 33 heavy (non-hydrogen) atoms. The summed E-state index contributed by atoms with van der Waals surface area (Å²) in [6.07, 6.45) is 1.19. The fraction of sp³-hybridized carbons (Fsp3) is 0.417. The molecule has 0 aliphatic carbocycles. The molecule has 2 aliphatic heterocycles. The molecule has 2 aliphatic rings. The smallest absolute Gasteiger partial charge is 0.243 e. The van der Waals surface area contributed by atoms with Crippen LogP contribution in [0, 0.1) is 12.8 Å². The van der Waals surface area contributed by atoms with Gasteiger partial charge in [-0.05, 0) is 75.1 Å². The van der Waals surface area contributed by atoms with Crippen LogP contribution in [0.15, 0.2) is 41.3 Å². The number of benzene rings is 2. The van der Waals surface area contributed by atoms with Gasteiger partial charge in [0.25, 0.3) is 0 Å². The number of rotatable bonds is 4. The zero-order valence-electron chi connectivity index (χ0n) is 19.2. The number of likely N-dealkylation sites (N-methyl/N-ethyl adjacent to an activating group) is 1. The highest BCUT2D eigenvalue weighted by Crippen LogP contribution is 2.42. The van der Waals surface area contributed by atoms with Gasteiger partial charge in [0.15, 0.2) is 0 Å². The lowest BCUT2D eigenvalue weighted by atomic mass is 9.86. The quantitative estimate of drug-likeness (QED) is 0.704. The largest absolute Gasteiger partial charge is 0.326 e. The van der Waals surface area contributed by atoms with E-state index in [-0.39, 0.29) is 23.3 Å². The molecule has 0 radical (unpaired) electrons. The second kappa shape index (κ2) is 8.42. The Balaban J connectivity index is 1.56. The summed E-state index contributed by atoms with van der Waals surface area (Å²) < 4.78 is 28.3. The minimum Gasteiger partial charge on any atom is -0.326 e. The van der Waals surface area contributed by atoms with Crippen molar-refractivity contribution >= 4 is 44.8 Å². The summed E-state index contributed by atoms with van der Waals surface area (Å²) in [6.45, 7) is 5.88. The van der Waals surface area contributed by atoms with Gasteiger partial charge in [0.1, 0.15) is 0 Å². The molecule has 2 aromatic carbocycles. The zero-order chi connectivity index (χ0) is 24.1. The molecule has 2 aromatic rings. The predicted octanol–water partition coefficient (Wildman–Crippen LogP) is 3.94. The number of anilines is 2. The average Bonchev–Trinajstić information content (AvgIpc) is 2.96. The molecule has 1 N–H and O–H groups in total. The molecule has 1 atom stereocenters. The number of carbonyl (C=O) groups excluding carboxylic acids is 2.